The molecule has 1 fully saturated rings. The third kappa shape index (κ3) is 2.97. The van der Waals surface area contributed by atoms with E-state index in [0.29, 0.717) is 16.1 Å². The van der Waals surface area contributed by atoms with Gasteiger partial charge in [-0.15, -0.1) is 0 Å². The van der Waals surface area contributed by atoms with Gasteiger partial charge in [0.1, 0.15) is 6.54 Å². The third-order valence-electron chi connectivity index (χ3n) is 3.88. The number of carbonyl (C=O) groups excluding carboxylic acids is 1. The quantitative estimate of drug-likeness (QED) is 0.857. The van der Waals surface area contributed by atoms with Crippen molar-refractivity contribution < 1.29 is 9.21 Å². The average molecular weight is 309 g/mol. The molecule has 0 N–H and O–H groups in total. The summed E-state index contributed by atoms with van der Waals surface area (Å²) in [5, 5.41) is 0.502. The lowest BCUT2D eigenvalue weighted by atomic mass is 10.2. The van der Waals surface area contributed by atoms with Gasteiger partial charge < -0.3 is 9.32 Å². The van der Waals surface area contributed by atoms with Crippen LogP contribution in [0.5, 0.6) is 0 Å². The zero-order valence-corrected chi connectivity index (χ0v) is 12.4. The number of fused-ring (bicyclic) bond motifs is 1. The van der Waals surface area contributed by atoms with Crippen LogP contribution >= 0.6 is 11.6 Å². The number of carbonyl (C=O) groups is 1. The number of hydrogen-bond acceptors (Lipinski definition) is 3. The average Bonchev–Trinajstić information content (AvgIpc) is 2.67. The Hall–Kier alpha value is -1.75. The largest absolute Gasteiger partial charge is 0.420 e. The molecule has 0 bridgehead atoms. The van der Waals surface area contributed by atoms with Crippen molar-refractivity contribution in [3.63, 3.8) is 0 Å². The minimum atomic E-state index is -0.518. The highest BCUT2D eigenvalue weighted by atomic mass is 35.5. The van der Waals surface area contributed by atoms with Gasteiger partial charge in [-0.25, -0.2) is 4.79 Å². The smallest absolute Gasteiger partial charge is 0.408 e. The van der Waals surface area contributed by atoms with Crippen molar-refractivity contribution in [2.75, 3.05) is 13.1 Å². The van der Waals surface area contributed by atoms with Crippen LogP contribution in [-0.4, -0.2) is 28.5 Å². The monoisotopic (exact) mass is 308 g/mol. The highest BCUT2D eigenvalue weighted by Gasteiger charge is 2.19. The van der Waals surface area contributed by atoms with Crippen molar-refractivity contribution in [2.45, 2.75) is 32.2 Å². The minimum Gasteiger partial charge on any atom is -0.408 e. The van der Waals surface area contributed by atoms with Crippen molar-refractivity contribution in [2.24, 2.45) is 0 Å². The molecule has 5 nitrogen and oxygen atoms in total. The number of amides is 1. The summed E-state index contributed by atoms with van der Waals surface area (Å²) in [6.07, 6.45) is 4.39. The highest BCUT2D eigenvalue weighted by Crippen LogP contribution is 2.18. The number of halogens is 1. The lowest BCUT2D eigenvalue weighted by molar-refractivity contribution is -0.131. The molecule has 0 radical (unpaired) electrons. The maximum Gasteiger partial charge on any atom is 0.420 e. The first kappa shape index (κ1) is 14.2. The molecule has 0 saturated carbocycles. The maximum atomic E-state index is 12.4. The topological polar surface area (TPSA) is 55.5 Å². The highest BCUT2D eigenvalue weighted by molar-refractivity contribution is 6.31. The summed E-state index contributed by atoms with van der Waals surface area (Å²) in [6.45, 7) is 1.57. The van der Waals surface area contributed by atoms with Crippen LogP contribution in [0.1, 0.15) is 25.7 Å². The van der Waals surface area contributed by atoms with Crippen molar-refractivity contribution in [3.8, 4) is 0 Å². The summed E-state index contributed by atoms with van der Waals surface area (Å²) >= 11 is 5.88. The van der Waals surface area contributed by atoms with Gasteiger partial charge in [-0.2, -0.15) is 0 Å². The van der Waals surface area contributed by atoms with Crippen molar-refractivity contribution >= 4 is 28.6 Å². The van der Waals surface area contributed by atoms with Gasteiger partial charge in [-0.3, -0.25) is 9.36 Å². The van der Waals surface area contributed by atoms with E-state index in [1.807, 2.05) is 4.90 Å². The van der Waals surface area contributed by atoms with Crippen molar-refractivity contribution in [1.29, 1.82) is 0 Å². The Bertz CT molecular complexity index is 711. The first-order chi connectivity index (χ1) is 10.1. The molecule has 1 saturated heterocycles. The van der Waals surface area contributed by atoms with Crippen LogP contribution in [0.25, 0.3) is 11.1 Å². The zero-order valence-electron chi connectivity index (χ0n) is 11.7. The van der Waals surface area contributed by atoms with Gasteiger partial charge in [-0.05, 0) is 25.0 Å². The predicted molar refractivity (Wildman–Crippen MR) is 80.5 cm³/mol. The first-order valence-electron chi connectivity index (χ1n) is 7.22. The van der Waals surface area contributed by atoms with Crippen molar-refractivity contribution in [1.82, 2.24) is 9.47 Å². The molecule has 0 unspecified atom stereocenters. The summed E-state index contributed by atoms with van der Waals surface area (Å²) in [5.74, 6) is -0.549. The molecular formula is C15H17ClN2O3. The van der Waals surface area contributed by atoms with Crippen LogP contribution in [0.3, 0.4) is 0 Å². The number of aromatic nitrogens is 1. The Balaban J connectivity index is 1.85. The Morgan fingerprint density at radius 2 is 1.90 bits per heavy atom. The summed E-state index contributed by atoms with van der Waals surface area (Å²) in [6, 6.07) is 4.98. The van der Waals surface area contributed by atoms with E-state index < -0.39 is 5.76 Å². The molecule has 1 aromatic carbocycles. The number of rotatable bonds is 2. The number of hydrogen-bond donors (Lipinski definition) is 0. The second-order valence-electron chi connectivity index (χ2n) is 5.36. The van der Waals surface area contributed by atoms with E-state index in [4.69, 9.17) is 16.0 Å². The Labute approximate surface area is 127 Å². The zero-order chi connectivity index (χ0) is 14.8. The molecule has 1 aromatic heterocycles. The molecule has 2 aromatic rings. The lowest BCUT2D eigenvalue weighted by Crippen LogP contribution is -2.36. The second-order valence-corrected chi connectivity index (χ2v) is 5.80. The number of oxazole rings is 1. The Morgan fingerprint density at radius 3 is 2.62 bits per heavy atom. The fourth-order valence-electron chi connectivity index (χ4n) is 2.75. The summed E-state index contributed by atoms with van der Waals surface area (Å²) in [5.41, 5.74) is 1.02. The first-order valence-corrected chi connectivity index (χ1v) is 7.59. The third-order valence-corrected chi connectivity index (χ3v) is 4.12. The molecular weight excluding hydrogens is 292 g/mol. The van der Waals surface area contributed by atoms with E-state index in [-0.39, 0.29) is 12.5 Å². The van der Waals surface area contributed by atoms with E-state index in [1.165, 1.54) is 4.57 Å². The van der Waals surface area contributed by atoms with Crippen molar-refractivity contribution in [3.05, 3.63) is 33.8 Å². The lowest BCUT2D eigenvalue weighted by Gasteiger charge is -2.20. The number of nitrogens with zero attached hydrogens (tertiary/aromatic N) is 2. The molecule has 21 heavy (non-hydrogen) atoms. The van der Waals surface area contributed by atoms with Crippen LogP contribution in [0, 0.1) is 0 Å². The summed E-state index contributed by atoms with van der Waals surface area (Å²) in [7, 11) is 0. The predicted octanol–water partition coefficient (Wildman–Crippen LogP) is 2.65. The molecule has 112 valence electrons. The van der Waals surface area contributed by atoms with Gasteiger partial charge in [0.25, 0.3) is 0 Å². The molecule has 0 spiro atoms. The standard InChI is InChI=1S/C15H17ClN2O3/c16-11-5-6-12-13(9-11)21-15(20)18(12)10-14(19)17-7-3-1-2-4-8-17/h5-6,9H,1-4,7-8,10H2. The summed E-state index contributed by atoms with van der Waals surface area (Å²) in [4.78, 5) is 26.1. The molecule has 0 atom stereocenters. The molecule has 1 aliphatic rings. The number of benzene rings is 1. The molecule has 3 rings (SSSR count). The van der Waals surface area contributed by atoms with E-state index in [9.17, 15) is 9.59 Å². The van der Waals surface area contributed by atoms with Crippen LogP contribution in [0.2, 0.25) is 5.02 Å². The molecule has 1 amide bonds. The van der Waals surface area contributed by atoms with Gasteiger partial charge in [0.05, 0.1) is 5.52 Å². The molecule has 2 heterocycles. The normalized spacial score (nSPS) is 16.1. The van der Waals surface area contributed by atoms with E-state index in [2.05, 4.69) is 0 Å². The van der Waals surface area contributed by atoms with Gasteiger partial charge in [0.15, 0.2) is 5.58 Å². The second kappa shape index (κ2) is 5.93. The van der Waals surface area contributed by atoms with E-state index in [0.717, 1.165) is 38.8 Å². The van der Waals surface area contributed by atoms with Gasteiger partial charge in [0, 0.05) is 24.2 Å². The SMILES string of the molecule is O=C(Cn1c(=O)oc2cc(Cl)ccc21)N1CCCCCC1. The summed E-state index contributed by atoms with van der Waals surface area (Å²) < 4.78 is 6.52. The fraction of sp³-hybridized carbons (Fsp3) is 0.467. The molecule has 1 aliphatic heterocycles. The van der Waals surface area contributed by atoms with Crippen LogP contribution in [0.4, 0.5) is 0 Å². The van der Waals surface area contributed by atoms with E-state index in [1.54, 1.807) is 18.2 Å². The van der Waals surface area contributed by atoms with Gasteiger partial charge in [-0.1, -0.05) is 24.4 Å². The fourth-order valence-corrected chi connectivity index (χ4v) is 2.91. The maximum absolute atomic E-state index is 12.4. The van der Waals surface area contributed by atoms with Crippen LogP contribution in [-0.2, 0) is 11.3 Å². The van der Waals surface area contributed by atoms with Crippen LogP contribution in [0.15, 0.2) is 27.4 Å². The van der Waals surface area contributed by atoms with Gasteiger partial charge in [0.2, 0.25) is 5.91 Å². The Morgan fingerprint density at radius 1 is 1.19 bits per heavy atom. The molecule has 0 aliphatic carbocycles. The van der Waals surface area contributed by atoms with E-state index >= 15 is 0 Å². The van der Waals surface area contributed by atoms with Crippen LogP contribution < -0.4 is 5.76 Å². The van der Waals surface area contributed by atoms with Gasteiger partial charge >= 0.3 is 5.76 Å². The minimum absolute atomic E-state index is 0.0213. The number of likely N-dealkylation sites (tertiary alicyclic amines) is 1. The Kier molecular flexibility index (Phi) is 4.01. The molecule has 6 heteroatoms.